The van der Waals surface area contributed by atoms with E-state index in [2.05, 4.69) is 70.7 Å². The van der Waals surface area contributed by atoms with Crippen LogP contribution >= 0.6 is 0 Å². The van der Waals surface area contributed by atoms with Crippen LogP contribution in [-0.2, 0) is 0 Å². The molecule has 0 saturated heterocycles. The predicted octanol–water partition coefficient (Wildman–Crippen LogP) is 5.54. The Morgan fingerprint density at radius 2 is 1.45 bits per heavy atom. The molecule has 1 atom stereocenters. The van der Waals surface area contributed by atoms with Gasteiger partial charge in [0.05, 0.1) is 19.7 Å². The highest BCUT2D eigenvalue weighted by molar-refractivity contribution is 5.93. The number of nitrogens with zero attached hydrogens (tertiary/aromatic N) is 2. The first-order valence-electron chi connectivity index (χ1n) is 9.48. The molecule has 0 fully saturated rings. The molecule has 0 amide bonds. The summed E-state index contributed by atoms with van der Waals surface area (Å²) in [6, 6.07) is 22.7. The number of benzene rings is 3. The van der Waals surface area contributed by atoms with Crippen molar-refractivity contribution in [2.24, 2.45) is 0 Å². The van der Waals surface area contributed by atoms with Crippen LogP contribution in [0.5, 0.6) is 11.5 Å². The van der Waals surface area contributed by atoms with E-state index in [0.29, 0.717) is 17.4 Å². The molecule has 4 rings (SSSR count). The van der Waals surface area contributed by atoms with Crippen LogP contribution in [0.3, 0.4) is 0 Å². The number of fused-ring (bicyclic) bond motifs is 1. The van der Waals surface area contributed by atoms with Gasteiger partial charge in [-0.1, -0.05) is 49.4 Å². The summed E-state index contributed by atoms with van der Waals surface area (Å²) < 4.78 is 10.8. The third kappa shape index (κ3) is 3.85. The zero-order chi connectivity index (χ0) is 20.2. The van der Waals surface area contributed by atoms with Crippen molar-refractivity contribution in [3.63, 3.8) is 0 Å². The first-order chi connectivity index (χ1) is 14.2. The van der Waals surface area contributed by atoms with Gasteiger partial charge in [0.15, 0.2) is 11.5 Å². The highest BCUT2D eigenvalue weighted by Gasteiger charge is 2.12. The zero-order valence-corrected chi connectivity index (χ0v) is 16.7. The molecule has 3 aromatic carbocycles. The molecular formula is C24H23N3O2. The SMILES string of the molecule is COc1cc2ncnc(Nc3ccc(C(C)c4ccccc4)cc3)c2cc1OC. The minimum atomic E-state index is 0.335. The van der Waals surface area contributed by atoms with Crippen LogP contribution in [0.2, 0.25) is 0 Å². The average molecular weight is 385 g/mol. The number of ether oxygens (including phenoxy) is 2. The van der Waals surface area contributed by atoms with E-state index in [1.54, 1.807) is 20.5 Å². The van der Waals surface area contributed by atoms with Crippen molar-refractivity contribution < 1.29 is 9.47 Å². The summed E-state index contributed by atoms with van der Waals surface area (Å²) in [5.41, 5.74) is 4.31. The number of hydrogen-bond acceptors (Lipinski definition) is 5. The Morgan fingerprint density at radius 3 is 2.14 bits per heavy atom. The van der Waals surface area contributed by atoms with Crippen molar-refractivity contribution in [3.8, 4) is 11.5 Å². The summed E-state index contributed by atoms with van der Waals surface area (Å²) in [4.78, 5) is 8.77. The maximum atomic E-state index is 5.43. The first-order valence-corrected chi connectivity index (χ1v) is 9.48. The Morgan fingerprint density at radius 1 is 0.793 bits per heavy atom. The normalized spacial score (nSPS) is 11.8. The van der Waals surface area contributed by atoms with Gasteiger partial charge >= 0.3 is 0 Å². The fourth-order valence-electron chi connectivity index (χ4n) is 3.41. The van der Waals surface area contributed by atoms with Gasteiger partial charge in [0, 0.05) is 23.1 Å². The Bertz CT molecular complexity index is 1110. The second kappa shape index (κ2) is 8.19. The second-order valence-corrected chi connectivity index (χ2v) is 6.83. The number of methoxy groups -OCH3 is 2. The molecule has 1 heterocycles. The Balaban J connectivity index is 1.62. The van der Waals surface area contributed by atoms with E-state index in [4.69, 9.17) is 9.47 Å². The van der Waals surface area contributed by atoms with E-state index in [1.807, 2.05) is 18.2 Å². The maximum Gasteiger partial charge on any atom is 0.162 e. The van der Waals surface area contributed by atoms with Gasteiger partial charge in [0.1, 0.15) is 12.1 Å². The molecule has 0 saturated carbocycles. The third-order valence-electron chi connectivity index (χ3n) is 5.11. The van der Waals surface area contributed by atoms with Gasteiger partial charge in [-0.25, -0.2) is 9.97 Å². The maximum absolute atomic E-state index is 5.43. The van der Waals surface area contributed by atoms with Gasteiger partial charge in [0.25, 0.3) is 0 Å². The first kappa shape index (κ1) is 18.7. The molecule has 0 aliphatic heterocycles. The van der Waals surface area contributed by atoms with Crippen LogP contribution in [-0.4, -0.2) is 24.2 Å². The van der Waals surface area contributed by atoms with Crippen LogP contribution in [0.25, 0.3) is 10.9 Å². The summed E-state index contributed by atoms with van der Waals surface area (Å²) in [5, 5.41) is 4.26. The molecule has 5 nitrogen and oxygen atoms in total. The molecule has 0 aliphatic carbocycles. The molecule has 146 valence electrons. The molecule has 0 radical (unpaired) electrons. The van der Waals surface area contributed by atoms with Gasteiger partial charge in [0.2, 0.25) is 0 Å². The van der Waals surface area contributed by atoms with Gasteiger partial charge in [-0.3, -0.25) is 0 Å². The van der Waals surface area contributed by atoms with Gasteiger partial charge in [-0.05, 0) is 29.3 Å². The molecule has 0 bridgehead atoms. The van der Waals surface area contributed by atoms with Crippen molar-refractivity contribution in [2.45, 2.75) is 12.8 Å². The lowest BCUT2D eigenvalue weighted by Gasteiger charge is -2.14. The highest BCUT2D eigenvalue weighted by atomic mass is 16.5. The smallest absolute Gasteiger partial charge is 0.162 e. The number of anilines is 2. The molecule has 1 aromatic heterocycles. The average Bonchev–Trinajstić information content (AvgIpc) is 2.79. The molecule has 0 aliphatic rings. The van der Waals surface area contributed by atoms with Gasteiger partial charge < -0.3 is 14.8 Å². The molecule has 4 aromatic rings. The third-order valence-corrected chi connectivity index (χ3v) is 5.11. The van der Waals surface area contributed by atoms with Crippen molar-refractivity contribution in [2.75, 3.05) is 19.5 Å². The molecule has 29 heavy (non-hydrogen) atoms. The fourth-order valence-corrected chi connectivity index (χ4v) is 3.41. The number of rotatable bonds is 6. The van der Waals surface area contributed by atoms with Crippen molar-refractivity contribution in [1.29, 1.82) is 0 Å². The monoisotopic (exact) mass is 385 g/mol. The molecule has 1 N–H and O–H groups in total. The fraction of sp³-hybridized carbons (Fsp3) is 0.167. The molecule has 0 spiro atoms. The van der Waals surface area contributed by atoms with E-state index >= 15 is 0 Å². The number of nitrogens with one attached hydrogen (secondary N) is 1. The summed E-state index contributed by atoms with van der Waals surface area (Å²) in [6.45, 7) is 2.22. The number of aromatic nitrogens is 2. The standard InChI is InChI=1S/C24H23N3O2/c1-16(17-7-5-4-6-8-17)18-9-11-19(12-10-18)27-24-20-13-22(28-2)23(29-3)14-21(20)25-15-26-24/h4-16H,1-3H3,(H,25,26,27). The Labute approximate surface area is 170 Å². The molecule has 1 unspecified atom stereocenters. The van der Waals surface area contributed by atoms with Crippen LogP contribution in [0, 0.1) is 0 Å². The summed E-state index contributed by atoms with van der Waals surface area (Å²) in [6.07, 6.45) is 1.54. The highest BCUT2D eigenvalue weighted by Crippen LogP contribution is 2.34. The quantitative estimate of drug-likeness (QED) is 0.472. The van der Waals surface area contributed by atoms with Crippen molar-refractivity contribution in [3.05, 3.63) is 84.2 Å². The van der Waals surface area contributed by atoms with E-state index < -0.39 is 0 Å². The predicted molar refractivity (Wildman–Crippen MR) is 116 cm³/mol. The van der Waals surface area contributed by atoms with Crippen LogP contribution in [0.1, 0.15) is 24.0 Å². The molecular weight excluding hydrogens is 362 g/mol. The van der Waals surface area contributed by atoms with Gasteiger partial charge in [-0.2, -0.15) is 0 Å². The van der Waals surface area contributed by atoms with E-state index in [9.17, 15) is 0 Å². The van der Waals surface area contributed by atoms with Crippen LogP contribution < -0.4 is 14.8 Å². The van der Waals surface area contributed by atoms with Gasteiger partial charge in [-0.15, -0.1) is 0 Å². The van der Waals surface area contributed by atoms with E-state index in [-0.39, 0.29) is 0 Å². The lowest BCUT2D eigenvalue weighted by Crippen LogP contribution is -1.99. The lowest BCUT2D eigenvalue weighted by atomic mass is 9.93. The lowest BCUT2D eigenvalue weighted by molar-refractivity contribution is 0.356. The largest absolute Gasteiger partial charge is 0.493 e. The summed E-state index contributed by atoms with van der Waals surface area (Å²) >= 11 is 0. The minimum absolute atomic E-state index is 0.335. The summed E-state index contributed by atoms with van der Waals surface area (Å²) in [7, 11) is 3.23. The van der Waals surface area contributed by atoms with E-state index in [1.165, 1.54) is 11.1 Å². The van der Waals surface area contributed by atoms with E-state index in [0.717, 1.165) is 22.4 Å². The topological polar surface area (TPSA) is 56.3 Å². The summed E-state index contributed by atoms with van der Waals surface area (Å²) in [5.74, 6) is 2.34. The second-order valence-electron chi connectivity index (χ2n) is 6.83. The van der Waals surface area contributed by atoms with Crippen molar-refractivity contribution >= 4 is 22.4 Å². The van der Waals surface area contributed by atoms with Crippen LogP contribution in [0.15, 0.2) is 73.1 Å². The Kier molecular flexibility index (Phi) is 5.29. The van der Waals surface area contributed by atoms with Crippen molar-refractivity contribution in [1.82, 2.24) is 9.97 Å². The zero-order valence-electron chi connectivity index (χ0n) is 16.7. The minimum Gasteiger partial charge on any atom is -0.493 e. The Hall–Kier alpha value is -3.60. The van der Waals surface area contributed by atoms with Crippen LogP contribution in [0.4, 0.5) is 11.5 Å². The number of hydrogen-bond donors (Lipinski definition) is 1. The molecule has 5 heteroatoms.